The number of hydrogen-bond acceptors (Lipinski definition) is 3. The Labute approximate surface area is 114 Å². The van der Waals surface area contributed by atoms with E-state index < -0.39 is 0 Å². The van der Waals surface area contributed by atoms with Gasteiger partial charge in [0.2, 0.25) is 0 Å². The summed E-state index contributed by atoms with van der Waals surface area (Å²) in [5, 5.41) is 6.26. The summed E-state index contributed by atoms with van der Waals surface area (Å²) in [4.78, 5) is 11.5. The van der Waals surface area contributed by atoms with Gasteiger partial charge in [-0.15, -0.1) is 0 Å². The van der Waals surface area contributed by atoms with Crippen molar-refractivity contribution < 1.29 is 9.53 Å². The summed E-state index contributed by atoms with van der Waals surface area (Å²) >= 11 is 0. The molecule has 0 spiro atoms. The maximum absolute atomic E-state index is 11.5. The molecule has 1 aliphatic carbocycles. The molecule has 2 N–H and O–H groups in total. The van der Waals surface area contributed by atoms with E-state index in [1.165, 1.54) is 5.56 Å². The molecule has 104 valence electrons. The smallest absolute Gasteiger partial charge is 0.258 e. The number of carbonyl (C=O) groups is 1. The van der Waals surface area contributed by atoms with Crippen molar-refractivity contribution in [2.24, 2.45) is 0 Å². The van der Waals surface area contributed by atoms with Crippen molar-refractivity contribution in [3.8, 4) is 5.75 Å². The predicted octanol–water partition coefficient (Wildman–Crippen LogP) is 2.01. The SMILES string of the molecule is CCNC(C)c1cccc(OCC(=O)NC2CC2)c1. The Kier molecular flexibility index (Phi) is 4.80. The first-order valence-corrected chi connectivity index (χ1v) is 6.94. The van der Waals surface area contributed by atoms with Gasteiger partial charge >= 0.3 is 0 Å². The largest absolute Gasteiger partial charge is 0.484 e. The molecule has 1 aliphatic rings. The molecule has 4 heteroatoms. The number of hydrogen-bond donors (Lipinski definition) is 2. The van der Waals surface area contributed by atoms with E-state index in [1.54, 1.807) is 0 Å². The molecule has 1 aromatic rings. The second-order valence-electron chi connectivity index (χ2n) is 4.98. The van der Waals surface area contributed by atoms with Crippen LogP contribution in [0.4, 0.5) is 0 Å². The Morgan fingerprint density at radius 2 is 2.26 bits per heavy atom. The highest BCUT2D eigenvalue weighted by atomic mass is 16.5. The summed E-state index contributed by atoms with van der Waals surface area (Å²) in [5.74, 6) is 0.709. The molecule has 1 fully saturated rings. The minimum absolute atomic E-state index is 0.0346. The third kappa shape index (κ3) is 4.56. The van der Waals surface area contributed by atoms with Gasteiger partial charge in [0.25, 0.3) is 5.91 Å². The molecule has 2 rings (SSSR count). The van der Waals surface area contributed by atoms with Crippen LogP contribution >= 0.6 is 0 Å². The maximum atomic E-state index is 11.5. The second-order valence-corrected chi connectivity index (χ2v) is 4.98. The van der Waals surface area contributed by atoms with Crippen LogP contribution in [0.5, 0.6) is 5.75 Å². The molecule has 4 nitrogen and oxygen atoms in total. The van der Waals surface area contributed by atoms with Gasteiger partial charge in [-0.1, -0.05) is 19.1 Å². The molecule has 1 aromatic carbocycles. The zero-order valence-corrected chi connectivity index (χ0v) is 11.6. The van der Waals surface area contributed by atoms with E-state index >= 15 is 0 Å². The molecule has 0 heterocycles. The van der Waals surface area contributed by atoms with E-state index in [0.29, 0.717) is 6.04 Å². The average molecular weight is 262 g/mol. The third-order valence-electron chi connectivity index (χ3n) is 3.18. The van der Waals surface area contributed by atoms with Crippen LogP contribution in [0.3, 0.4) is 0 Å². The first kappa shape index (κ1) is 13.9. The average Bonchev–Trinajstić information content (AvgIpc) is 3.21. The normalized spacial score (nSPS) is 15.9. The molecular weight excluding hydrogens is 240 g/mol. The molecule has 1 unspecified atom stereocenters. The molecule has 1 amide bonds. The van der Waals surface area contributed by atoms with Gasteiger partial charge in [-0.25, -0.2) is 0 Å². The highest BCUT2D eigenvalue weighted by Gasteiger charge is 2.23. The molecule has 1 atom stereocenters. The van der Waals surface area contributed by atoms with Crippen molar-refractivity contribution in [1.29, 1.82) is 0 Å². The quantitative estimate of drug-likeness (QED) is 0.790. The molecule has 0 saturated heterocycles. The number of rotatable bonds is 7. The van der Waals surface area contributed by atoms with Crippen molar-refractivity contribution in [3.05, 3.63) is 29.8 Å². The Balaban J connectivity index is 1.85. The lowest BCUT2D eigenvalue weighted by atomic mass is 10.1. The minimum atomic E-state index is -0.0346. The maximum Gasteiger partial charge on any atom is 0.258 e. The summed E-state index contributed by atoms with van der Waals surface area (Å²) < 4.78 is 5.53. The van der Waals surface area contributed by atoms with Crippen molar-refractivity contribution in [3.63, 3.8) is 0 Å². The van der Waals surface area contributed by atoms with Gasteiger partial charge in [-0.2, -0.15) is 0 Å². The highest BCUT2D eigenvalue weighted by molar-refractivity contribution is 5.78. The molecule has 1 saturated carbocycles. The van der Waals surface area contributed by atoms with Crippen molar-refractivity contribution in [1.82, 2.24) is 10.6 Å². The predicted molar refractivity (Wildman–Crippen MR) is 75.2 cm³/mol. The van der Waals surface area contributed by atoms with Gasteiger partial charge in [0, 0.05) is 12.1 Å². The van der Waals surface area contributed by atoms with Gasteiger partial charge in [-0.05, 0) is 44.0 Å². The van der Waals surface area contributed by atoms with Crippen LogP contribution in [-0.4, -0.2) is 25.1 Å². The van der Waals surface area contributed by atoms with Crippen LogP contribution in [0.25, 0.3) is 0 Å². The number of amides is 1. The van der Waals surface area contributed by atoms with E-state index in [-0.39, 0.29) is 18.6 Å². The van der Waals surface area contributed by atoms with Gasteiger partial charge in [0.05, 0.1) is 0 Å². The van der Waals surface area contributed by atoms with Crippen LogP contribution in [0.2, 0.25) is 0 Å². The molecule has 0 aromatic heterocycles. The second kappa shape index (κ2) is 6.57. The van der Waals surface area contributed by atoms with Crippen molar-refractivity contribution >= 4 is 5.91 Å². The summed E-state index contributed by atoms with van der Waals surface area (Å²) in [7, 11) is 0. The Hall–Kier alpha value is -1.55. The third-order valence-corrected chi connectivity index (χ3v) is 3.18. The lowest BCUT2D eigenvalue weighted by molar-refractivity contribution is -0.123. The first-order chi connectivity index (χ1) is 9.19. The van der Waals surface area contributed by atoms with E-state index in [1.807, 2.05) is 18.2 Å². The van der Waals surface area contributed by atoms with Crippen molar-refractivity contribution in [2.45, 2.75) is 38.8 Å². The molecule has 0 aliphatic heterocycles. The van der Waals surface area contributed by atoms with E-state index in [9.17, 15) is 4.79 Å². The number of benzene rings is 1. The molecular formula is C15H22N2O2. The molecule has 0 bridgehead atoms. The van der Waals surface area contributed by atoms with Gasteiger partial charge in [0.1, 0.15) is 5.75 Å². The Morgan fingerprint density at radius 1 is 1.47 bits per heavy atom. The van der Waals surface area contributed by atoms with Gasteiger partial charge < -0.3 is 15.4 Å². The van der Waals surface area contributed by atoms with Crippen LogP contribution in [0.1, 0.15) is 38.3 Å². The summed E-state index contributed by atoms with van der Waals surface area (Å²) in [6, 6.07) is 8.55. The summed E-state index contributed by atoms with van der Waals surface area (Å²) in [6.07, 6.45) is 2.20. The fourth-order valence-electron chi connectivity index (χ4n) is 1.94. The number of ether oxygens (including phenoxy) is 1. The van der Waals surface area contributed by atoms with E-state index in [0.717, 1.165) is 25.1 Å². The molecule has 19 heavy (non-hydrogen) atoms. The zero-order valence-electron chi connectivity index (χ0n) is 11.6. The highest BCUT2D eigenvalue weighted by Crippen LogP contribution is 2.20. The fourth-order valence-corrected chi connectivity index (χ4v) is 1.94. The van der Waals surface area contributed by atoms with Gasteiger partial charge in [0.15, 0.2) is 6.61 Å². The topological polar surface area (TPSA) is 50.4 Å². The monoisotopic (exact) mass is 262 g/mol. The Morgan fingerprint density at radius 3 is 2.95 bits per heavy atom. The first-order valence-electron chi connectivity index (χ1n) is 6.94. The summed E-state index contributed by atoms with van der Waals surface area (Å²) in [5.41, 5.74) is 1.17. The van der Waals surface area contributed by atoms with Crippen molar-refractivity contribution in [2.75, 3.05) is 13.2 Å². The van der Waals surface area contributed by atoms with Crippen LogP contribution in [0.15, 0.2) is 24.3 Å². The lowest BCUT2D eigenvalue weighted by Crippen LogP contribution is -2.30. The lowest BCUT2D eigenvalue weighted by Gasteiger charge is -2.14. The molecule has 0 radical (unpaired) electrons. The zero-order chi connectivity index (χ0) is 13.7. The minimum Gasteiger partial charge on any atom is -0.484 e. The van der Waals surface area contributed by atoms with Gasteiger partial charge in [-0.3, -0.25) is 4.79 Å². The van der Waals surface area contributed by atoms with Crippen LogP contribution in [-0.2, 0) is 4.79 Å². The van der Waals surface area contributed by atoms with Crippen LogP contribution < -0.4 is 15.4 Å². The standard InChI is InChI=1S/C15H22N2O2/c1-3-16-11(2)12-5-4-6-14(9-12)19-10-15(18)17-13-7-8-13/h4-6,9,11,13,16H,3,7-8,10H2,1-2H3,(H,17,18). The fraction of sp³-hybridized carbons (Fsp3) is 0.533. The summed E-state index contributed by atoms with van der Waals surface area (Å²) in [6.45, 7) is 5.22. The van der Waals surface area contributed by atoms with Crippen LogP contribution in [0, 0.1) is 0 Å². The van der Waals surface area contributed by atoms with E-state index in [2.05, 4.69) is 30.5 Å². The van der Waals surface area contributed by atoms with E-state index in [4.69, 9.17) is 4.74 Å². The number of carbonyl (C=O) groups excluding carboxylic acids is 1. The number of nitrogens with one attached hydrogen (secondary N) is 2. The Bertz CT molecular complexity index is 430.